The van der Waals surface area contributed by atoms with Crippen LogP contribution in [0.1, 0.15) is 25.6 Å². The molecule has 0 bridgehead atoms. The van der Waals surface area contributed by atoms with E-state index >= 15 is 0 Å². The second-order valence-corrected chi connectivity index (χ2v) is 6.73. The third-order valence-corrected chi connectivity index (χ3v) is 4.27. The Morgan fingerprint density at radius 2 is 2.22 bits per heavy atom. The van der Waals surface area contributed by atoms with Crippen molar-refractivity contribution in [2.75, 3.05) is 16.8 Å². The van der Waals surface area contributed by atoms with Crippen LogP contribution in [-0.4, -0.2) is 30.0 Å². The molecule has 1 aromatic rings. The molecule has 0 aliphatic carbocycles. The SMILES string of the molecule is Cc1nn(C(C)C)c(NC2C=CS(=O)(=O)C2)c1N. The summed E-state index contributed by atoms with van der Waals surface area (Å²) in [6, 6.07) is -0.0867. The number of nitrogens with two attached hydrogens (primary N) is 1. The standard InChI is InChI=1S/C11H18N4O2S/c1-7(2)15-11(10(12)8(3)14-15)13-9-4-5-18(16,17)6-9/h4-5,7,9,13H,6,12H2,1-3H3. The van der Waals surface area contributed by atoms with Crippen molar-refractivity contribution < 1.29 is 8.42 Å². The van der Waals surface area contributed by atoms with E-state index in [0.717, 1.165) is 5.69 Å². The number of aromatic nitrogens is 2. The first kappa shape index (κ1) is 12.9. The van der Waals surface area contributed by atoms with Crippen molar-refractivity contribution in [1.29, 1.82) is 0 Å². The first-order valence-corrected chi connectivity index (χ1v) is 7.54. The summed E-state index contributed by atoms with van der Waals surface area (Å²) in [5, 5.41) is 8.73. The highest BCUT2D eigenvalue weighted by Gasteiger charge is 2.24. The molecular weight excluding hydrogens is 252 g/mol. The second-order valence-electron chi connectivity index (χ2n) is 4.79. The predicted octanol–water partition coefficient (Wildman–Crippen LogP) is 1.08. The lowest BCUT2D eigenvalue weighted by Gasteiger charge is -2.16. The van der Waals surface area contributed by atoms with E-state index in [4.69, 9.17) is 5.73 Å². The number of sulfone groups is 1. The molecule has 1 aromatic heterocycles. The van der Waals surface area contributed by atoms with Gasteiger partial charge in [-0.3, -0.25) is 0 Å². The van der Waals surface area contributed by atoms with Crippen LogP contribution < -0.4 is 11.1 Å². The monoisotopic (exact) mass is 270 g/mol. The number of nitrogens with one attached hydrogen (secondary N) is 1. The minimum atomic E-state index is -3.07. The number of anilines is 2. The molecule has 1 unspecified atom stereocenters. The van der Waals surface area contributed by atoms with E-state index in [1.807, 2.05) is 20.8 Å². The lowest BCUT2D eigenvalue weighted by Crippen LogP contribution is -2.24. The maximum Gasteiger partial charge on any atom is 0.173 e. The van der Waals surface area contributed by atoms with Gasteiger partial charge in [-0.05, 0) is 26.8 Å². The maximum absolute atomic E-state index is 11.4. The molecule has 2 rings (SSSR count). The van der Waals surface area contributed by atoms with Crippen molar-refractivity contribution in [3.8, 4) is 0 Å². The second kappa shape index (κ2) is 4.31. The first-order valence-electron chi connectivity index (χ1n) is 5.82. The van der Waals surface area contributed by atoms with E-state index in [1.54, 1.807) is 10.8 Å². The van der Waals surface area contributed by atoms with Gasteiger partial charge in [0.1, 0.15) is 5.82 Å². The Morgan fingerprint density at radius 1 is 1.56 bits per heavy atom. The van der Waals surface area contributed by atoms with Gasteiger partial charge in [0.25, 0.3) is 0 Å². The molecule has 1 aliphatic heterocycles. The van der Waals surface area contributed by atoms with Crippen LogP contribution in [0.2, 0.25) is 0 Å². The summed E-state index contributed by atoms with van der Waals surface area (Å²) in [6.45, 7) is 5.83. The molecule has 18 heavy (non-hydrogen) atoms. The van der Waals surface area contributed by atoms with E-state index in [1.165, 1.54) is 5.41 Å². The number of nitrogens with zero attached hydrogens (tertiary/aromatic N) is 2. The Labute approximate surface area is 107 Å². The van der Waals surface area contributed by atoms with Crippen molar-refractivity contribution in [2.24, 2.45) is 0 Å². The van der Waals surface area contributed by atoms with Crippen LogP contribution in [0.5, 0.6) is 0 Å². The lowest BCUT2D eigenvalue weighted by molar-refractivity contribution is 0.533. The third-order valence-electron chi connectivity index (χ3n) is 2.87. The summed E-state index contributed by atoms with van der Waals surface area (Å²) in [7, 11) is -3.07. The molecule has 0 saturated heterocycles. The summed E-state index contributed by atoms with van der Waals surface area (Å²) in [4.78, 5) is 0. The molecule has 0 spiro atoms. The average Bonchev–Trinajstić information content (AvgIpc) is 2.73. The number of hydrogen-bond donors (Lipinski definition) is 2. The molecule has 3 N–H and O–H groups in total. The van der Waals surface area contributed by atoms with Crippen LogP contribution in [0.3, 0.4) is 0 Å². The number of aryl methyl sites for hydroxylation is 1. The van der Waals surface area contributed by atoms with Crippen molar-refractivity contribution in [3.63, 3.8) is 0 Å². The van der Waals surface area contributed by atoms with Gasteiger partial charge in [0.15, 0.2) is 9.84 Å². The number of nitrogen functional groups attached to an aromatic ring is 1. The van der Waals surface area contributed by atoms with E-state index in [0.29, 0.717) is 11.5 Å². The van der Waals surface area contributed by atoms with E-state index < -0.39 is 9.84 Å². The summed E-state index contributed by atoms with van der Waals surface area (Å²) >= 11 is 0. The molecule has 2 heterocycles. The molecule has 1 atom stereocenters. The van der Waals surface area contributed by atoms with Crippen molar-refractivity contribution >= 4 is 21.3 Å². The highest BCUT2D eigenvalue weighted by molar-refractivity contribution is 7.94. The van der Waals surface area contributed by atoms with Gasteiger partial charge in [-0.1, -0.05) is 0 Å². The zero-order valence-electron chi connectivity index (χ0n) is 10.7. The van der Waals surface area contributed by atoms with Gasteiger partial charge in [-0.15, -0.1) is 0 Å². The fourth-order valence-electron chi connectivity index (χ4n) is 1.92. The molecule has 0 aromatic carbocycles. The highest BCUT2D eigenvalue weighted by atomic mass is 32.2. The molecule has 0 amide bonds. The molecule has 0 saturated carbocycles. The van der Waals surface area contributed by atoms with Gasteiger partial charge in [0, 0.05) is 11.4 Å². The zero-order chi connectivity index (χ0) is 13.5. The van der Waals surface area contributed by atoms with Gasteiger partial charge in [0.05, 0.1) is 23.2 Å². The molecule has 1 aliphatic rings. The summed E-state index contributed by atoms with van der Waals surface area (Å²) in [6.07, 6.45) is 1.64. The van der Waals surface area contributed by atoms with E-state index in [-0.39, 0.29) is 17.8 Å². The minimum absolute atomic E-state index is 0.0642. The van der Waals surface area contributed by atoms with Gasteiger partial charge in [-0.2, -0.15) is 5.10 Å². The topological polar surface area (TPSA) is 90.0 Å². The number of rotatable bonds is 3. The Morgan fingerprint density at radius 3 is 2.72 bits per heavy atom. The van der Waals surface area contributed by atoms with Gasteiger partial charge in [-0.25, -0.2) is 13.1 Å². The quantitative estimate of drug-likeness (QED) is 0.857. The normalized spacial score (nSPS) is 21.7. The summed E-state index contributed by atoms with van der Waals surface area (Å²) < 4.78 is 24.5. The fourth-order valence-corrected chi connectivity index (χ4v) is 3.15. The van der Waals surface area contributed by atoms with Crippen LogP contribution in [0, 0.1) is 6.92 Å². The van der Waals surface area contributed by atoms with Gasteiger partial charge < -0.3 is 11.1 Å². The van der Waals surface area contributed by atoms with E-state index in [9.17, 15) is 8.42 Å². The Kier molecular flexibility index (Phi) is 3.10. The zero-order valence-corrected chi connectivity index (χ0v) is 11.5. The van der Waals surface area contributed by atoms with Crippen molar-refractivity contribution in [2.45, 2.75) is 32.9 Å². The Bertz CT molecular complexity index is 586. The van der Waals surface area contributed by atoms with Crippen molar-refractivity contribution in [3.05, 3.63) is 17.2 Å². The predicted molar refractivity (Wildman–Crippen MR) is 72.1 cm³/mol. The van der Waals surface area contributed by atoms with Crippen LogP contribution in [0.15, 0.2) is 11.5 Å². The van der Waals surface area contributed by atoms with Gasteiger partial charge in [0.2, 0.25) is 0 Å². The maximum atomic E-state index is 11.4. The first-order chi connectivity index (χ1) is 8.30. The molecular formula is C11H18N4O2S. The van der Waals surface area contributed by atoms with Crippen molar-refractivity contribution in [1.82, 2.24) is 9.78 Å². The molecule has 100 valence electrons. The smallest absolute Gasteiger partial charge is 0.173 e. The molecule has 6 nitrogen and oxygen atoms in total. The van der Waals surface area contributed by atoms with Crippen LogP contribution in [0.25, 0.3) is 0 Å². The van der Waals surface area contributed by atoms with Gasteiger partial charge >= 0.3 is 0 Å². The highest BCUT2D eigenvalue weighted by Crippen LogP contribution is 2.27. The summed E-state index contributed by atoms with van der Waals surface area (Å²) in [5.74, 6) is 0.753. The van der Waals surface area contributed by atoms with E-state index in [2.05, 4.69) is 10.4 Å². The third kappa shape index (κ3) is 2.35. The Balaban J connectivity index is 2.27. The van der Waals surface area contributed by atoms with Crippen LogP contribution in [-0.2, 0) is 9.84 Å². The largest absolute Gasteiger partial charge is 0.394 e. The fraction of sp³-hybridized carbons (Fsp3) is 0.545. The molecule has 0 radical (unpaired) electrons. The number of hydrogen-bond acceptors (Lipinski definition) is 5. The minimum Gasteiger partial charge on any atom is -0.394 e. The Hall–Kier alpha value is -1.50. The summed E-state index contributed by atoms with van der Waals surface area (Å²) in [5.41, 5.74) is 7.28. The lowest BCUT2D eigenvalue weighted by atomic mass is 10.3. The average molecular weight is 270 g/mol. The van der Waals surface area contributed by atoms with Crippen LogP contribution >= 0.6 is 0 Å². The van der Waals surface area contributed by atoms with Crippen LogP contribution in [0.4, 0.5) is 11.5 Å². The molecule has 7 heteroatoms. The molecule has 0 fully saturated rings.